The Hall–Kier alpha value is -1.58. The van der Waals surface area contributed by atoms with E-state index >= 15 is 0 Å². The van der Waals surface area contributed by atoms with Crippen LogP contribution in [0.15, 0.2) is 18.2 Å². The van der Waals surface area contributed by atoms with Gasteiger partial charge in [0.15, 0.2) is 0 Å². The quantitative estimate of drug-likeness (QED) is 0.822. The molecular weight excluding hydrogens is 207 g/mol. The number of hydrogen-bond donors (Lipinski definition) is 2. The average molecular weight is 224 g/mol. The molecule has 1 unspecified atom stereocenters. The SMILES string of the molecule is CNC(=O)CC(C)Nc1ccc(F)c(C)c1. The highest BCUT2D eigenvalue weighted by Crippen LogP contribution is 2.15. The first-order valence-corrected chi connectivity index (χ1v) is 5.26. The van der Waals surface area contributed by atoms with Crippen LogP contribution in [-0.4, -0.2) is 19.0 Å². The van der Waals surface area contributed by atoms with Gasteiger partial charge in [0, 0.05) is 25.2 Å². The number of hydrogen-bond acceptors (Lipinski definition) is 2. The number of rotatable bonds is 4. The predicted octanol–water partition coefficient (Wildman–Crippen LogP) is 2.07. The van der Waals surface area contributed by atoms with Gasteiger partial charge in [0.25, 0.3) is 0 Å². The standard InChI is InChI=1S/C12H17FN2O/c1-8-6-10(4-5-11(8)13)15-9(2)7-12(16)14-3/h4-6,9,15H,7H2,1-3H3,(H,14,16). The minimum absolute atomic E-state index is 0.0150. The van der Waals surface area contributed by atoms with Crippen molar-refractivity contribution in [1.29, 1.82) is 0 Å². The van der Waals surface area contributed by atoms with E-state index in [1.807, 2.05) is 6.92 Å². The van der Waals surface area contributed by atoms with Crippen molar-refractivity contribution in [1.82, 2.24) is 5.32 Å². The third kappa shape index (κ3) is 3.53. The van der Waals surface area contributed by atoms with E-state index in [2.05, 4.69) is 10.6 Å². The van der Waals surface area contributed by atoms with Crippen molar-refractivity contribution in [2.75, 3.05) is 12.4 Å². The summed E-state index contributed by atoms with van der Waals surface area (Å²) in [5.41, 5.74) is 1.42. The molecule has 0 fully saturated rings. The molecule has 0 aliphatic heterocycles. The highest BCUT2D eigenvalue weighted by atomic mass is 19.1. The van der Waals surface area contributed by atoms with Crippen LogP contribution in [0.3, 0.4) is 0 Å². The van der Waals surface area contributed by atoms with E-state index in [0.29, 0.717) is 12.0 Å². The number of amides is 1. The molecule has 1 amide bonds. The molecule has 0 aromatic heterocycles. The van der Waals surface area contributed by atoms with Crippen LogP contribution in [0.25, 0.3) is 0 Å². The van der Waals surface area contributed by atoms with Crippen LogP contribution < -0.4 is 10.6 Å². The molecular formula is C12H17FN2O. The number of halogens is 1. The Morgan fingerprint density at radius 2 is 2.19 bits per heavy atom. The second-order valence-corrected chi connectivity index (χ2v) is 3.89. The first-order valence-electron chi connectivity index (χ1n) is 5.26. The fourth-order valence-electron chi connectivity index (χ4n) is 1.45. The topological polar surface area (TPSA) is 41.1 Å². The summed E-state index contributed by atoms with van der Waals surface area (Å²) in [5.74, 6) is -0.233. The first kappa shape index (κ1) is 12.5. The molecule has 1 aromatic rings. The third-order valence-electron chi connectivity index (χ3n) is 2.34. The van der Waals surface area contributed by atoms with Crippen molar-refractivity contribution in [3.8, 4) is 0 Å². The second kappa shape index (κ2) is 5.49. The molecule has 0 saturated carbocycles. The largest absolute Gasteiger partial charge is 0.382 e. The first-order chi connectivity index (χ1) is 7.52. The Morgan fingerprint density at radius 3 is 2.75 bits per heavy atom. The number of carbonyl (C=O) groups excluding carboxylic acids is 1. The normalized spacial score (nSPS) is 12.0. The lowest BCUT2D eigenvalue weighted by Crippen LogP contribution is -2.26. The van der Waals surface area contributed by atoms with Gasteiger partial charge in [-0.3, -0.25) is 4.79 Å². The predicted molar refractivity (Wildman–Crippen MR) is 62.9 cm³/mol. The number of anilines is 1. The minimum atomic E-state index is -0.218. The van der Waals surface area contributed by atoms with E-state index in [0.717, 1.165) is 5.69 Å². The molecule has 16 heavy (non-hydrogen) atoms. The Morgan fingerprint density at radius 1 is 1.50 bits per heavy atom. The Kier molecular flexibility index (Phi) is 4.28. The van der Waals surface area contributed by atoms with Crippen LogP contribution >= 0.6 is 0 Å². The van der Waals surface area contributed by atoms with Crippen molar-refractivity contribution in [2.24, 2.45) is 0 Å². The van der Waals surface area contributed by atoms with Gasteiger partial charge in [-0.25, -0.2) is 4.39 Å². The Balaban J connectivity index is 2.59. The minimum Gasteiger partial charge on any atom is -0.382 e. The van der Waals surface area contributed by atoms with Crippen molar-refractivity contribution >= 4 is 11.6 Å². The summed E-state index contributed by atoms with van der Waals surface area (Å²) >= 11 is 0. The van der Waals surface area contributed by atoms with Gasteiger partial charge in [-0.1, -0.05) is 0 Å². The van der Waals surface area contributed by atoms with Crippen molar-refractivity contribution in [3.05, 3.63) is 29.6 Å². The number of aryl methyl sites for hydroxylation is 1. The fourth-order valence-corrected chi connectivity index (χ4v) is 1.45. The Labute approximate surface area is 95.0 Å². The molecule has 2 N–H and O–H groups in total. The fraction of sp³-hybridized carbons (Fsp3) is 0.417. The van der Waals surface area contributed by atoms with E-state index in [9.17, 15) is 9.18 Å². The summed E-state index contributed by atoms with van der Waals surface area (Å²) in [6.07, 6.45) is 0.396. The van der Waals surface area contributed by atoms with Crippen LogP contribution in [0.1, 0.15) is 18.9 Å². The molecule has 0 aliphatic carbocycles. The summed E-state index contributed by atoms with van der Waals surface area (Å²) in [6, 6.07) is 4.84. The molecule has 0 spiro atoms. The smallest absolute Gasteiger partial charge is 0.221 e. The van der Waals surface area contributed by atoms with Gasteiger partial charge in [-0.15, -0.1) is 0 Å². The van der Waals surface area contributed by atoms with Gasteiger partial charge >= 0.3 is 0 Å². The van der Waals surface area contributed by atoms with E-state index in [1.54, 1.807) is 26.1 Å². The van der Waals surface area contributed by atoms with Gasteiger partial charge < -0.3 is 10.6 Å². The van der Waals surface area contributed by atoms with Gasteiger partial charge in [0.05, 0.1) is 0 Å². The second-order valence-electron chi connectivity index (χ2n) is 3.89. The maximum absolute atomic E-state index is 13.0. The lowest BCUT2D eigenvalue weighted by molar-refractivity contribution is -0.120. The van der Waals surface area contributed by atoms with E-state index in [4.69, 9.17) is 0 Å². The lowest BCUT2D eigenvalue weighted by atomic mass is 10.1. The summed E-state index contributed by atoms with van der Waals surface area (Å²) < 4.78 is 13.0. The van der Waals surface area contributed by atoms with Gasteiger partial charge in [0.2, 0.25) is 5.91 Å². The van der Waals surface area contributed by atoms with E-state index < -0.39 is 0 Å². The average Bonchev–Trinajstić information content (AvgIpc) is 2.23. The molecule has 0 radical (unpaired) electrons. The van der Waals surface area contributed by atoms with Crippen molar-refractivity contribution < 1.29 is 9.18 Å². The van der Waals surface area contributed by atoms with Crippen LogP contribution in [0.4, 0.5) is 10.1 Å². The molecule has 1 atom stereocenters. The van der Waals surface area contributed by atoms with Crippen LogP contribution in [0, 0.1) is 12.7 Å². The zero-order valence-corrected chi connectivity index (χ0v) is 9.80. The Bertz CT molecular complexity index is 379. The zero-order chi connectivity index (χ0) is 12.1. The maximum atomic E-state index is 13.0. The van der Waals surface area contributed by atoms with E-state index in [-0.39, 0.29) is 17.8 Å². The molecule has 0 saturated heterocycles. The molecule has 3 nitrogen and oxygen atoms in total. The maximum Gasteiger partial charge on any atom is 0.221 e. The lowest BCUT2D eigenvalue weighted by Gasteiger charge is -2.14. The van der Waals surface area contributed by atoms with Crippen LogP contribution in [-0.2, 0) is 4.79 Å². The molecule has 0 bridgehead atoms. The molecule has 4 heteroatoms. The van der Waals surface area contributed by atoms with E-state index in [1.165, 1.54) is 6.07 Å². The van der Waals surface area contributed by atoms with Crippen LogP contribution in [0.2, 0.25) is 0 Å². The highest BCUT2D eigenvalue weighted by molar-refractivity contribution is 5.76. The van der Waals surface area contributed by atoms with Crippen LogP contribution in [0.5, 0.6) is 0 Å². The molecule has 88 valence electrons. The van der Waals surface area contributed by atoms with Gasteiger partial charge in [-0.2, -0.15) is 0 Å². The molecule has 1 aromatic carbocycles. The van der Waals surface area contributed by atoms with Gasteiger partial charge in [-0.05, 0) is 37.6 Å². The highest BCUT2D eigenvalue weighted by Gasteiger charge is 2.07. The summed E-state index contributed by atoms with van der Waals surface area (Å²) in [5, 5.41) is 5.71. The summed E-state index contributed by atoms with van der Waals surface area (Å²) in [6.45, 7) is 3.62. The zero-order valence-electron chi connectivity index (χ0n) is 9.80. The number of carbonyl (C=O) groups is 1. The van der Waals surface area contributed by atoms with Gasteiger partial charge in [0.1, 0.15) is 5.82 Å². The molecule has 1 rings (SSSR count). The third-order valence-corrected chi connectivity index (χ3v) is 2.34. The number of benzene rings is 1. The summed E-state index contributed by atoms with van der Waals surface area (Å²) in [4.78, 5) is 11.1. The monoisotopic (exact) mass is 224 g/mol. The van der Waals surface area contributed by atoms with Crippen molar-refractivity contribution in [3.63, 3.8) is 0 Å². The van der Waals surface area contributed by atoms with Crippen molar-refractivity contribution in [2.45, 2.75) is 26.3 Å². The summed E-state index contributed by atoms with van der Waals surface area (Å²) in [7, 11) is 1.61. The molecule has 0 heterocycles. The molecule has 0 aliphatic rings. The number of nitrogens with one attached hydrogen (secondary N) is 2.